The van der Waals surface area contributed by atoms with E-state index in [-0.39, 0.29) is 24.0 Å². The molecule has 0 spiro atoms. The van der Waals surface area contributed by atoms with Crippen molar-refractivity contribution in [1.29, 1.82) is 0 Å². The van der Waals surface area contributed by atoms with Gasteiger partial charge in [0.1, 0.15) is 12.4 Å². The Labute approximate surface area is 187 Å². The van der Waals surface area contributed by atoms with Crippen molar-refractivity contribution >= 4 is 29.9 Å². The van der Waals surface area contributed by atoms with Gasteiger partial charge in [-0.3, -0.25) is 4.90 Å². The van der Waals surface area contributed by atoms with E-state index in [9.17, 15) is 13.2 Å². The summed E-state index contributed by atoms with van der Waals surface area (Å²) in [5, 5.41) is 14.6. The molecule has 1 aromatic heterocycles. The van der Waals surface area contributed by atoms with Crippen LogP contribution < -0.4 is 10.6 Å². The molecule has 29 heavy (non-hydrogen) atoms. The van der Waals surface area contributed by atoms with Crippen LogP contribution in [0.4, 0.5) is 13.2 Å². The fourth-order valence-corrected chi connectivity index (χ4v) is 3.16. The number of hydrogen-bond donors (Lipinski definition) is 2. The molecule has 2 heterocycles. The fourth-order valence-electron chi connectivity index (χ4n) is 3.16. The third kappa shape index (κ3) is 9.32. The molecule has 11 heteroatoms. The predicted octanol–water partition coefficient (Wildman–Crippen LogP) is 2.63. The van der Waals surface area contributed by atoms with E-state index in [0.717, 1.165) is 30.9 Å². The van der Waals surface area contributed by atoms with E-state index < -0.39 is 12.7 Å². The van der Waals surface area contributed by atoms with Crippen LogP contribution in [0.2, 0.25) is 0 Å². The monoisotopic (exact) mass is 529 g/mol. The molecule has 0 radical (unpaired) electrons. The molecular weight excluding hydrogens is 498 g/mol. The van der Waals surface area contributed by atoms with Gasteiger partial charge in [-0.2, -0.15) is 13.2 Å². The van der Waals surface area contributed by atoms with E-state index in [4.69, 9.17) is 0 Å². The topological polar surface area (TPSA) is 70.4 Å². The highest BCUT2D eigenvalue weighted by molar-refractivity contribution is 14.0. The first-order valence-corrected chi connectivity index (χ1v) is 9.55. The minimum Gasteiger partial charge on any atom is -0.356 e. The molecule has 0 bridgehead atoms. The number of aliphatic imine (C=N–C) groups is 1. The Kier molecular flexibility index (Phi) is 10.9. The summed E-state index contributed by atoms with van der Waals surface area (Å²) >= 11 is 0. The van der Waals surface area contributed by atoms with Crippen LogP contribution in [0, 0.1) is 12.8 Å². The van der Waals surface area contributed by atoms with Crippen LogP contribution in [-0.2, 0) is 13.6 Å². The molecule has 1 saturated heterocycles. The molecular formula is C18H31F3IN7. The van der Waals surface area contributed by atoms with Gasteiger partial charge in [-0.05, 0) is 45.2 Å². The van der Waals surface area contributed by atoms with Crippen molar-refractivity contribution in [3.63, 3.8) is 0 Å². The van der Waals surface area contributed by atoms with E-state index >= 15 is 0 Å². The third-order valence-electron chi connectivity index (χ3n) is 4.93. The van der Waals surface area contributed by atoms with E-state index in [2.05, 4.69) is 32.4 Å². The highest BCUT2D eigenvalue weighted by Crippen LogP contribution is 2.23. The molecule has 1 aliphatic heterocycles. The second-order valence-corrected chi connectivity index (χ2v) is 7.11. The Bertz CT molecular complexity index is 652. The van der Waals surface area contributed by atoms with Gasteiger partial charge in [0.25, 0.3) is 0 Å². The summed E-state index contributed by atoms with van der Waals surface area (Å²) in [5.41, 5.74) is 0. The van der Waals surface area contributed by atoms with Crippen LogP contribution >= 0.6 is 24.0 Å². The maximum absolute atomic E-state index is 12.5. The Hall–Kier alpha value is -1.37. The lowest BCUT2D eigenvalue weighted by Gasteiger charge is -2.32. The van der Waals surface area contributed by atoms with E-state index in [1.54, 1.807) is 6.08 Å². The number of likely N-dealkylation sites (tertiary alicyclic amines) is 1. The van der Waals surface area contributed by atoms with Gasteiger partial charge in [0.05, 0.1) is 6.54 Å². The van der Waals surface area contributed by atoms with Gasteiger partial charge in [-0.25, -0.2) is 4.99 Å². The number of nitrogens with one attached hydrogen (secondary N) is 2. The van der Waals surface area contributed by atoms with Crippen molar-refractivity contribution in [3.8, 4) is 0 Å². The maximum Gasteiger partial charge on any atom is 0.401 e. The number of guanidine groups is 1. The second-order valence-electron chi connectivity index (χ2n) is 7.11. The first-order valence-electron chi connectivity index (χ1n) is 9.55. The van der Waals surface area contributed by atoms with Crippen molar-refractivity contribution < 1.29 is 13.2 Å². The number of piperidine rings is 1. The number of aromatic nitrogens is 3. The van der Waals surface area contributed by atoms with Gasteiger partial charge in [0, 0.05) is 20.1 Å². The first kappa shape index (κ1) is 25.7. The molecule has 1 aromatic rings. The van der Waals surface area contributed by atoms with Gasteiger partial charge in [-0.15, -0.1) is 40.8 Å². The first-order chi connectivity index (χ1) is 13.3. The van der Waals surface area contributed by atoms with Crippen molar-refractivity contribution in [2.75, 3.05) is 32.7 Å². The molecule has 0 aliphatic carbocycles. The highest BCUT2D eigenvalue weighted by Gasteiger charge is 2.32. The molecule has 7 nitrogen and oxygen atoms in total. The minimum atomic E-state index is -4.11. The zero-order valence-electron chi connectivity index (χ0n) is 17.0. The van der Waals surface area contributed by atoms with Crippen molar-refractivity contribution in [2.24, 2.45) is 18.0 Å². The van der Waals surface area contributed by atoms with E-state index in [1.807, 2.05) is 18.5 Å². The van der Waals surface area contributed by atoms with Crippen LogP contribution in [0.1, 0.15) is 30.9 Å². The Morgan fingerprint density at radius 1 is 1.28 bits per heavy atom. The molecule has 166 valence electrons. The van der Waals surface area contributed by atoms with Crippen LogP contribution in [0.25, 0.3) is 0 Å². The average molecular weight is 529 g/mol. The Balaban J connectivity index is 0.00000420. The number of rotatable bonds is 8. The van der Waals surface area contributed by atoms with Gasteiger partial charge in [0.15, 0.2) is 11.8 Å². The summed E-state index contributed by atoms with van der Waals surface area (Å²) in [6.07, 6.45) is 0.126. The fraction of sp³-hybridized carbons (Fsp3) is 0.722. The van der Waals surface area contributed by atoms with Gasteiger partial charge in [-0.1, -0.05) is 6.08 Å². The van der Waals surface area contributed by atoms with Crippen molar-refractivity contribution in [2.45, 2.75) is 38.9 Å². The minimum absolute atomic E-state index is 0. The van der Waals surface area contributed by atoms with Crippen LogP contribution in [0.15, 0.2) is 17.6 Å². The van der Waals surface area contributed by atoms with Crippen LogP contribution in [0.3, 0.4) is 0 Å². The SMILES string of the molecule is C=CCNC(=NCc1nnc(C)n1C)NCCC1CCN(CC(F)(F)F)CC1.I. The number of nitrogens with zero attached hydrogens (tertiary/aromatic N) is 5. The maximum atomic E-state index is 12.5. The molecule has 0 saturated carbocycles. The highest BCUT2D eigenvalue weighted by atomic mass is 127. The smallest absolute Gasteiger partial charge is 0.356 e. The molecule has 0 amide bonds. The molecule has 2 rings (SSSR count). The number of alkyl halides is 3. The predicted molar refractivity (Wildman–Crippen MR) is 118 cm³/mol. The Morgan fingerprint density at radius 3 is 2.52 bits per heavy atom. The quantitative estimate of drug-likeness (QED) is 0.235. The molecule has 2 N–H and O–H groups in total. The largest absolute Gasteiger partial charge is 0.401 e. The second kappa shape index (κ2) is 12.4. The van der Waals surface area contributed by atoms with Gasteiger partial charge < -0.3 is 15.2 Å². The van der Waals surface area contributed by atoms with Gasteiger partial charge in [0.2, 0.25) is 0 Å². The summed E-state index contributed by atoms with van der Waals surface area (Å²) in [7, 11) is 1.90. The third-order valence-corrected chi connectivity index (χ3v) is 4.93. The number of halogens is 4. The van der Waals surface area contributed by atoms with Crippen LogP contribution in [-0.4, -0.2) is 64.5 Å². The zero-order valence-corrected chi connectivity index (χ0v) is 19.3. The normalized spacial score (nSPS) is 16.4. The lowest BCUT2D eigenvalue weighted by molar-refractivity contribution is -0.148. The van der Waals surface area contributed by atoms with Crippen LogP contribution in [0.5, 0.6) is 0 Å². The molecule has 0 atom stereocenters. The molecule has 1 fully saturated rings. The van der Waals surface area contributed by atoms with E-state index in [0.29, 0.717) is 44.6 Å². The lowest BCUT2D eigenvalue weighted by atomic mass is 9.93. The summed E-state index contributed by atoms with van der Waals surface area (Å²) < 4.78 is 39.3. The summed E-state index contributed by atoms with van der Waals surface area (Å²) in [4.78, 5) is 6.02. The van der Waals surface area contributed by atoms with E-state index in [1.165, 1.54) is 4.90 Å². The molecule has 0 unspecified atom stereocenters. The number of aryl methyl sites for hydroxylation is 1. The molecule has 0 aromatic carbocycles. The number of hydrogen-bond acceptors (Lipinski definition) is 4. The molecule has 1 aliphatic rings. The average Bonchev–Trinajstić information content (AvgIpc) is 2.95. The van der Waals surface area contributed by atoms with Crippen molar-refractivity contribution in [3.05, 3.63) is 24.3 Å². The summed E-state index contributed by atoms with van der Waals surface area (Å²) in [6, 6.07) is 0. The lowest BCUT2D eigenvalue weighted by Crippen LogP contribution is -2.41. The standard InChI is InChI=1S/C18H30F3N7.HI/c1-4-8-22-17(24-12-16-26-25-14(2)27(16)3)23-9-5-15-6-10-28(11-7-15)13-18(19,20)21;/h4,15H,1,5-13H2,2-3H3,(H2,22,23,24);1H. The van der Waals surface area contributed by atoms with Crippen molar-refractivity contribution in [1.82, 2.24) is 30.3 Å². The Morgan fingerprint density at radius 2 is 1.97 bits per heavy atom. The van der Waals surface area contributed by atoms with Gasteiger partial charge >= 0.3 is 6.18 Å². The summed E-state index contributed by atoms with van der Waals surface area (Å²) in [6.45, 7) is 7.49. The summed E-state index contributed by atoms with van der Waals surface area (Å²) in [5.74, 6) is 2.69. The zero-order chi connectivity index (χ0) is 20.6.